The Bertz CT molecular complexity index is 1130. The van der Waals surface area contributed by atoms with Gasteiger partial charge in [-0.3, -0.25) is 9.59 Å². The molecule has 0 atom stereocenters. The molecule has 0 radical (unpaired) electrons. The van der Waals surface area contributed by atoms with Gasteiger partial charge in [-0.25, -0.2) is 0 Å². The minimum absolute atomic E-state index is 0.0403. The van der Waals surface area contributed by atoms with Crippen molar-refractivity contribution in [2.24, 2.45) is 5.92 Å². The maximum absolute atomic E-state index is 13.0. The average Bonchev–Trinajstić information content (AvgIpc) is 3.37. The molecule has 0 unspecified atom stereocenters. The van der Waals surface area contributed by atoms with Crippen molar-refractivity contribution in [1.82, 2.24) is 20.0 Å². The maximum atomic E-state index is 13.0. The van der Waals surface area contributed by atoms with Crippen molar-refractivity contribution in [3.8, 4) is 11.3 Å². The van der Waals surface area contributed by atoms with Crippen LogP contribution in [0.2, 0.25) is 5.02 Å². The summed E-state index contributed by atoms with van der Waals surface area (Å²) in [5.41, 5.74) is 1.56. The normalized spacial score (nSPS) is 13.8. The lowest BCUT2D eigenvalue weighted by Crippen LogP contribution is -2.52. The molecule has 0 saturated carbocycles. The molecule has 1 aliphatic rings. The first-order valence-electron chi connectivity index (χ1n) is 11.8. The number of hydrogen-bond donors (Lipinski definition) is 0. The van der Waals surface area contributed by atoms with E-state index in [0.29, 0.717) is 43.4 Å². The van der Waals surface area contributed by atoms with E-state index in [1.165, 1.54) is 0 Å². The van der Waals surface area contributed by atoms with Crippen molar-refractivity contribution < 1.29 is 14.0 Å². The summed E-state index contributed by atoms with van der Waals surface area (Å²) in [6.07, 6.45) is 1.97. The molecule has 0 N–H and O–H groups in total. The van der Waals surface area contributed by atoms with E-state index < -0.39 is 0 Å². The number of carbonyl (C=O) groups excluding carboxylic acids is 2. The monoisotopic (exact) mass is 495 g/mol. The van der Waals surface area contributed by atoms with Crippen molar-refractivity contribution in [2.75, 3.05) is 37.6 Å². The van der Waals surface area contributed by atoms with Crippen molar-refractivity contribution >= 4 is 29.2 Å². The summed E-state index contributed by atoms with van der Waals surface area (Å²) < 4.78 is 5.41. The third-order valence-corrected chi connectivity index (χ3v) is 6.27. The smallest absolute Gasteiger partial charge is 0.242 e. The Morgan fingerprint density at radius 3 is 2.43 bits per heavy atom. The minimum atomic E-state index is -0.0616. The largest absolute Gasteiger partial charge is 0.467 e. The fraction of sp³-hybridized carbons (Fsp3) is 0.385. The molecule has 1 aromatic carbocycles. The predicted octanol–water partition coefficient (Wildman–Crippen LogP) is 4.11. The van der Waals surface area contributed by atoms with Gasteiger partial charge in [-0.1, -0.05) is 43.6 Å². The number of rotatable bonds is 8. The Labute approximate surface area is 210 Å². The Morgan fingerprint density at radius 2 is 1.80 bits per heavy atom. The highest BCUT2D eigenvalue weighted by Crippen LogP contribution is 2.26. The number of benzene rings is 1. The summed E-state index contributed by atoms with van der Waals surface area (Å²) in [6.45, 7) is 6.71. The van der Waals surface area contributed by atoms with Crippen LogP contribution < -0.4 is 4.90 Å². The van der Waals surface area contributed by atoms with Crippen LogP contribution in [0.5, 0.6) is 0 Å². The molecule has 2 aromatic heterocycles. The van der Waals surface area contributed by atoms with Gasteiger partial charge in [-0.2, -0.15) is 0 Å². The topological polar surface area (TPSA) is 82.8 Å². The van der Waals surface area contributed by atoms with Crippen LogP contribution in [0.3, 0.4) is 0 Å². The Morgan fingerprint density at radius 1 is 1.03 bits per heavy atom. The predicted molar refractivity (Wildman–Crippen MR) is 135 cm³/mol. The van der Waals surface area contributed by atoms with Gasteiger partial charge in [0.1, 0.15) is 12.3 Å². The molecule has 0 spiro atoms. The summed E-state index contributed by atoms with van der Waals surface area (Å²) in [6, 6.07) is 15.0. The third kappa shape index (κ3) is 6.39. The second kappa shape index (κ2) is 11.4. The highest BCUT2D eigenvalue weighted by atomic mass is 35.5. The lowest BCUT2D eigenvalue weighted by molar-refractivity contribution is -0.141. The van der Waals surface area contributed by atoms with E-state index in [1.807, 2.05) is 56.3 Å². The van der Waals surface area contributed by atoms with Gasteiger partial charge in [-0.15, -0.1) is 10.2 Å². The lowest BCUT2D eigenvalue weighted by atomic mass is 10.1. The lowest BCUT2D eigenvalue weighted by Gasteiger charge is -2.36. The Hall–Kier alpha value is -3.39. The van der Waals surface area contributed by atoms with E-state index in [0.717, 1.165) is 17.1 Å². The molecule has 3 aromatic rings. The number of hydrogen-bond acceptors (Lipinski definition) is 6. The zero-order chi connectivity index (χ0) is 24.8. The molecular formula is C26H30ClN5O3. The molecule has 0 bridgehead atoms. The van der Waals surface area contributed by atoms with E-state index in [-0.39, 0.29) is 30.8 Å². The second-order valence-electron chi connectivity index (χ2n) is 9.05. The Kier molecular flexibility index (Phi) is 8.02. The van der Waals surface area contributed by atoms with E-state index in [4.69, 9.17) is 16.0 Å². The van der Waals surface area contributed by atoms with Crippen LogP contribution in [0.25, 0.3) is 11.3 Å². The van der Waals surface area contributed by atoms with E-state index in [9.17, 15) is 9.59 Å². The quantitative estimate of drug-likeness (QED) is 0.467. The molecule has 184 valence electrons. The fourth-order valence-corrected chi connectivity index (χ4v) is 4.29. The molecule has 8 nitrogen and oxygen atoms in total. The Balaban J connectivity index is 1.34. The highest BCUT2D eigenvalue weighted by Gasteiger charge is 2.26. The molecule has 4 rings (SSSR count). The number of aromatic nitrogens is 2. The molecule has 0 aliphatic carbocycles. The van der Waals surface area contributed by atoms with Crippen LogP contribution in [-0.4, -0.2) is 64.5 Å². The number of halogens is 1. The van der Waals surface area contributed by atoms with Crippen LogP contribution in [0, 0.1) is 5.92 Å². The van der Waals surface area contributed by atoms with Gasteiger partial charge in [0, 0.05) is 38.2 Å². The molecule has 3 heterocycles. The minimum Gasteiger partial charge on any atom is -0.467 e. The highest BCUT2D eigenvalue weighted by molar-refractivity contribution is 6.33. The fourth-order valence-electron chi connectivity index (χ4n) is 4.06. The van der Waals surface area contributed by atoms with Crippen molar-refractivity contribution in [3.63, 3.8) is 0 Å². The van der Waals surface area contributed by atoms with Crippen LogP contribution in [0.1, 0.15) is 26.0 Å². The zero-order valence-corrected chi connectivity index (χ0v) is 20.8. The molecule has 1 saturated heterocycles. The summed E-state index contributed by atoms with van der Waals surface area (Å²) in [5, 5.41) is 9.36. The van der Waals surface area contributed by atoms with Gasteiger partial charge in [0.2, 0.25) is 11.8 Å². The zero-order valence-electron chi connectivity index (χ0n) is 20.1. The van der Waals surface area contributed by atoms with Gasteiger partial charge in [0.25, 0.3) is 0 Å². The molecule has 1 aliphatic heterocycles. The van der Waals surface area contributed by atoms with Gasteiger partial charge >= 0.3 is 0 Å². The molecule has 2 amide bonds. The summed E-state index contributed by atoms with van der Waals surface area (Å²) in [4.78, 5) is 31.3. The first-order valence-corrected chi connectivity index (χ1v) is 12.2. The van der Waals surface area contributed by atoms with Crippen molar-refractivity contribution in [2.45, 2.75) is 26.8 Å². The average molecular weight is 496 g/mol. The number of furan rings is 1. The van der Waals surface area contributed by atoms with E-state index >= 15 is 0 Å². The van der Waals surface area contributed by atoms with Gasteiger partial charge < -0.3 is 19.1 Å². The van der Waals surface area contributed by atoms with Gasteiger partial charge in [-0.05, 0) is 36.2 Å². The third-order valence-electron chi connectivity index (χ3n) is 5.95. The number of carbonyl (C=O) groups is 2. The van der Waals surface area contributed by atoms with Crippen LogP contribution in [0.4, 0.5) is 5.82 Å². The number of amides is 2. The van der Waals surface area contributed by atoms with Crippen molar-refractivity contribution in [1.29, 1.82) is 0 Å². The van der Waals surface area contributed by atoms with Crippen LogP contribution in [-0.2, 0) is 16.1 Å². The SMILES string of the molecule is CC(C)CC(=O)N(CC(=O)N1CCN(c2ccc(-c3ccccc3Cl)nn2)CC1)Cc1ccco1. The molecule has 1 fully saturated rings. The number of piperazine rings is 1. The van der Waals surface area contributed by atoms with E-state index in [1.54, 1.807) is 22.1 Å². The van der Waals surface area contributed by atoms with Crippen molar-refractivity contribution in [3.05, 3.63) is 65.6 Å². The molecule has 9 heteroatoms. The number of anilines is 1. The maximum Gasteiger partial charge on any atom is 0.242 e. The van der Waals surface area contributed by atoms with Crippen LogP contribution >= 0.6 is 11.6 Å². The molecule has 35 heavy (non-hydrogen) atoms. The first kappa shape index (κ1) is 24.7. The van der Waals surface area contributed by atoms with Gasteiger partial charge in [0.15, 0.2) is 5.82 Å². The summed E-state index contributed by atoms with van der Waals surface area (Å²) in [5.74, 6) is 1.54. The van der Waals surface area contributed by atoms with Crippen LogP contribution in [0.15, 0.2) is 59.2 Å². The second-order valence-corrected chi connectivity index (χ2v) is 9.46. The number of nitrogens with zero attached hydrogens (tertiary/aromatic N) is 5. The van der Waals surface area contributed by atoms with E-state index in [2.05, 4.69) is 15.1 Å². The first-order chi connectivity index (χ1) is 16.9. The summed E-state index contributed by atoms with van der Waals surface area (Å²) in [7, 11) is 0. The summed E-state index contributed by atoms with van der Waals surface area (Å²) >= 11 is 6.27. The standard InChI is InChI=1S/C26H30ClN5O3/c1-19(2)16-25(33)32(17-20-6-5-15-35-20)18-26(34)31-13-11-30(12-14-31)24-10-9-23(28-29-24)21-7-3-4-8-22(21)27/h3-10,15,19H,11-14,16-18H2,1-2H3. The van der Waals surface area contributed by atoms with Gasteiger partial charge in [0.05, 0.1) is 23.5 Å². The molecular weight excluding hydrogens is 466 g/mol.